The molecule has 0 aromatic rings. The van der Waals surface area contributed by atoms with Crippen molar-refractivity contribution < 1.29 is 9.53 Å². The van der Waals surface area contributed by atoms with E-state index in [1.54, 1.807) is 5.57 Å². The lowest BCUT2D eigenvalue weighted by Crippen LogP contribution is -2.48. The van der Waals surface area contributed by atoms with E-state index in [2.05, 4.69) is 39.8 Å². The van der Waals surface area contributed by atoms with Crippen LogP contribution in [0.1, 0.15) is 80.1 Å². The molecule has 0 heterocycles. The summed E-state index contributed by atoms with van der Waals surface area (Å²) in [5.74, 6) is 1.25. The van der Waals surface area contributed by atoms with Crippen molar-refractivity contribution >= 4 is 5.97 Å². The monoisotopic (exact) mass is 332 g/mol. The first-order valence-electron chi connectivity index (χ1n) is 9.73. The lowest BCUT2D eigenvalue weighted by Gasteiger charge is -2.57. The summed E-state index contributed by atoms with van der Waals surface area (Å²) in [5.41, 5.74) is 3.17. The quantitative estimate of drug-likeness (QED) is 0.347. The van der Waals surface area contributed by atoms with Crippen LogP contribution in [0.15, 0.2) is 23.3 Å². The van der Waals surface area contributed by atoms with Crippen LogP contribution in [-0.4, -0.2) is 12.6 Å². The Bertz CT molecular complexity index is 526. The Hall–Kier alpha value is -1.05. The molecule has 0 unspecified atom stereocenters. The van der Waals surface area contributed by atoms with Crippen LogP contribution in [-0.2, 0) is 9.53 Å². The van der Waals surface area contributed by atoms with Gasteiger partial charge in [-0.15, -0.1) is 0 Å². The van der Waals surface area contributed by atoms with E-state index >= 15 is 0 Å². The number of rotatable bonds is 5. The number of carbonyl (C=O) groups excluding carboxylic acids is 1. The highest BCUT2D eigenvalue weighted by Crippen LogP contribution is 2.60. The number of carbonyl (C=O) groups is 1. The Labute approximate surface area is 148 Å². The van der Waals surface area contributed by atoms with Crippen LogP contribution in [0.3, 0.4) is 0 Å². The van der Waals surface area contributed by atoms with Crippen LogP contribution >= 0.6 is 0 Å². The molecule has 2 aliphatic carbocycles. The number of hydrogen-bond donors (Lipinski definition) is 0. The molecule has 1 saturated carbocycles. The fourth-order valence-corrected chi connectivity index (χ4v) is 5.49. The Balaban J connectivity index is 2.11. The van der Waals surface area contributed by atoms with Gasteiger partial charge in [-0.3, -0.25) is 0 Å². The molecule has 0 saturated heterocycles. The minimum atomic E-state index is -0.170. The number of allylic oxidation sites excluding steroid dienone is 3. The van der Waals surface area contributed by atoms with Crippen molar-refractivity contribution in [2.75, 3.05) is 6.61 Å². The molecular weight excluding hydrogens is 296 g/mol. The summed E-state index contributed by atoms with van der Waals surface area (Å²) in [6, 6.07) is 0. The Kier molecular flexibility index (Phi) is 5.99. The van der Waals surface area contributed by atoms with Crippen LogP contribution < -0.4 is 0 Å². The van der Waals surface area contributed by atoms with Crippen molar-refractivity contribution in [2.24, 2.45) is 22.7 Å². The largest absolute Gasteiger partial charge is 0.463 e. The third-order valence-electron chi connectivity index (χ3n) is 6.80. The first kappa shape index (κ1) is 19.3. The fraction of sp³-hybridized carbons (Fsp3) is 0.773. The van der Waals surface area contributed by atoms with Crippen LogP contribution in [0.25, 0.3) is 0 Å². The lowest BCUT2D eigenvalue weighted by molar-refractivity contribution is -0.138. The van der Waals surface area contributed by atoms with Crippen LogP contribution in [0.4, 0.5) is 0 Å². The zero-order valence-corrected chi connectivity index (χ0v) is 16.6. The molecule has 0 aromatic carbocycles. The van der Waals surface area contributed by atoms with Gasteiger partial charge in [0.15, 0.2) is 0 Å². The predicted molar refractivity (Wildman–Crippen MR) is 101 cm³/mol. The summed E-state index contributed by atoms with van der Waals surface area (Å²) in [6.07, 6.45) is 12.0. The van der Waals surface area contributed by atoms with Gasteiger partial charge >= 0.3 is 5.97 Å². The molecule has 0 aliphatic heterocycles. The third kappa shape index (κ3) is 3.78. The maximum absolute atomic E-state index is 11.8. The molecule has 0 N–H and O–H groups in total. The molecule has 2 aliphatic rings. The smallest absolute Gasteiger partial charge is 0.333 e. The second-order valence-corrected chi connectivity index (χ2v) is 8.82. The van der Waals surface area contributed by atoms with E-state index in [0.717, 1.165) is 24.3 Å². The molecule has 136 valence electrons. The van der Waals surface area contributed by atoms with Crippen molar-refractivity contribution in [1.82, 2.24) is 0 Å². The summed E-state index contributed by atoms with van der Waals surface area (Å²) >= 11 is 0. The van der Waals surface area contributed by atoms with Crippen molar-refractivity contribution in [2.45, 2.75) is 80.1 Å². The number of fused-ring (bicyclic) bond motifs is 1. The summed E-state index contributed by atoms with van der Waals surface area (Å²) in [4.78, 5) is 11.8. The molecule has 3 atom stereocenters. The lowest BCUT2D eigenvalue weighted by atomic mass is 9.48. The van der Waals surface area contributed by atoms with Crippen molar-refractivity contribution in [3.63, 3.8) is 0 Å². The zero-order valence-electron chi connectivity index (χ0n) is 16.6. The van der Waals surface area contributed by atoms with E-state index < -0.39 is 0 Å². The van der Waals surface area contributed by atoms with Crippen molar-refractivity contribution in [1.29, 1.82) is 0 Å². The van der Waals surface area contributed by atoms with Gasteiger partial charge in [-0.05, 0) is 75.5 Å². The Morgan fingerprint density at radius 3 is 2.71 bits per heavy atom. The minimum absolute atomic E-state index is 0.170. The molecule has 2 heteroatoms. The van der Waals surface area contributed by atoms with Gasteiger partial charge in [0.2, 0.25) is 0 Å². The van der Waals surface area contributed by atoms with Gasteiger partial charge in [-0.1, -0.05) is 44.9 Å². The summed E-state index contributed by atoms with van der Waals surface area (Å²) in [7, 11) is 0. The van der Waals surface area contributed by atoms with Gasteiger partial charge in [0.25, 0.3) is 0 Å². The standard InChI is InChI=1S/C22H36O2/c1-7-24-20(23)17(3)10-8-11-18-16(2)12-13-19-21(4,5)14-9-15-22(18,19)6/h10,12,18-19H,7-9,11,13-15H2,1-6H3/b17-10+/t18-,19-,22+/m0/s1. The maximum Gasteiger partial charge on any atom is 0.333 e. The zero-order chi connectivity index (χ0) is 18.0. The predicted octanol–water partition coefficient (Wildman–Crippen LogP) is 6.07. The molecule has 0 bridgehead atoms. The van der Waals surface area contributed by atoms with Gasteiger partial charge < -0.3 is 4.74 Å². The highest BCUT2D eigenvalue weighted by molar-refractivity contribution is 5.87. The Morgan fingerprint density at radius 2 is 2.04 bits per heavy atom. The van der Waals surface area contributed by atoms with E-state index in [9.17, 15) is 4.79 Å². The van der Waals surface area contributed by atoms with Crippen LogP contribution in [0.5, 0.6) is 0 Å². The number of ether oxygens (including phenoxy) is 1. The molecule has 0 amide bonds. The molecule has 24 heavy (non-hydrogen) atoms. The van der Waals surface area contributed by atoms with Gasteiger partial charge in [-0.25, -0.2) is 4.79 Å². The molecule has 2 rings (SSSR count). The molecular formula is C22H36O2. The normalized spacial score (nSPS) is 32.8. The van der Waals surface area contributed by atoms with E-state index in [0.29, 0.717) is 23.4 Å². The fourth-order valence-electron chi connectivity index (χ4n) is 5.49. The van der Waals surface area contributed by atoms with Gasteiger partial charge in [0.05, 0.1) is 6.61 Å². The van der Waals surface area contributed by atoms with Gasteiger partial charge in [0, 0.05) is 5.57 Å². The van der Waals surface area contributed by atoms with Gasteiger partial charge in [0.1, 0.15) is 0 Å². The third-order valence-corrected chi connectivity index (χ3v) is 6.80. The van der Waals surface area contributed by atoms with E-state index in [1.807, 2.05) is 13.8 Å². The van der Waals surface area contributed by atoms with E-state index in [1.165, 1.54) is 25.7 Å². The molecule has 0 radical (unpaired) electrons. The van der Waals surface area contributed by atoms with Gasteiger partial charge in [-0.2, -0.15) is 0 Å². The molecule has 0 aromatic heterocycles. The van der Waals surface area contributed by atoms with E-state index in [4.69, 9.17) is 4.74 Å². The number of hydrogen-bond acceptors (Lipinski definition) is 2. The highest BCUT2D eigenvalue weighted by atomic mass is 16.5. The minimum Gasteiger partial charge on any atom is -0.463 e. The maximum atomic E-state index is 11.8. The average Bonchev–Trinajstić information content (AvgIpc) is 2.49. The van der Waals surface area contributed by atoms with Crippen molar-refractivity contribution in [3.8, 4) is 0 Å². The summed E-state index contributed by atoms with van der Waals surface area (Å²) in [5, 5.41) is 0. The summed E-state index contributed by atoms with van der Waals surface area (Å²) in [6.45, 7) is 13.9. The number of esters is 1. The highest BCUT2D eigenvalue weighted by Gasteiger charge is 2.51. The second kappa shape index (κ2) is 7.45. The van der Waals surface area contributed by atoms with Crippen LogP contribution in [0.2, 0.25) is 0 Å². The van der Waals surface area contributed by atoms with Crippen molar-refractivity contribution in [3.05, 3.63) is 23.3 Å². The molecule has 2 nitrogen and oxygen atoms in total. The van der Waals surface area contributed by atoms with E-state index in [-0.39, 0.29) is 5.97 Å². The second-order valence-electron chi connectivity index (χ2n) is 8.82. The first-order valence-corrected chi connectivity index (χ1v) is 9.73. The Morgan fingerprint density at radius 1 is 1.33 bits per heavy atom. The molecule has 1 fully saturated rings. The SMILES string of the molecule is CCOC(=O)/C(C)=C/CC[C@H]1C(C)=CC[C@H]2C(C)(C)CCC[C@]12C. The molecule has 0 spiro atoms. The summed E-state index contributed by atoms with van der Waals surface area (Å²) < 4.78 is 5.08. The average molecular weight is 333 g/mol. The van der Waals surface area contributed by atoms with Crippen LogP contribution in [0, 0.1) is 22.7 Å². The topological polar surface area (TPSA) is 26.3 Å². The first-order chi connectivity index (χ1) is 11.2.